The molecule has 0 fully saturated rings. The minimum Gasteiger partial charge on any atom is -0.395 e. The highest BCUT2D eigenvalue weighted by Gasteiger charge is 1.93. The van der Waals surface area contributed by atoms with E-state index in [4.69, 9.17) is 5.11 Å². The zero-order valence-corrected chi connectivity index (χ0v) is 6.28. The number of aromatic nitrogens is 3. The molecule has 0 radical (unpaired) electrons. The lowest BCUT2D eigenvalue weighted by Gasteiger charge is -2.00. The number of hydrogen-bond donors (Lipinski definition) is 2. The van der Waals surface area contributed by atoms with Gasteiger partial charge in [-0.15, -0.1) is 5.10 Å². The number of aliphatic hydroxyl groups excluding tert-OH is 1. The van der Waals surface area contributed by atoms with Crippen LogP contribution in [0.25, 0.3) is 0 Å². The fourth-order valence-corrected chi connectivity index (χ4v) is 0.628. The summed E-state index contributed by atoms with van der Waals surface area (Å²) >= 11 is 0. The van der Waals surface area contributed by atoms with Gasteiger partial charge in [0, 0.05) is 6.54 Å². The van der Waals surface area contributed by atoms with E-state index in [1.54, 1.807) is 6.20 Å². The van der Waals surface area contributed by atoms with E-state index in [0.717, 1.165) is 5.69 Å². The Bertz CT molecular complexity index is 228. The fraction of sp³-hybridized carbons (Fsp3) is 0.500. The Balaban J connectivity index is 2.56. The van der Waals surface area contributed by atoms with Crippen LogP contribution in [-0.4, -0.2) is 33.4 Å². The van der Waals surface area contributed by atoms with E-state index >= 15 is 0 Å². The second kappa shape index (κ2) is 3.82. The Hall–Kier alpha value is -1.23. The summed E-state index contributed by atoms with van der Waals surface area (Å²) in [7, 11) is 0. The smallest absolute Gasteiger partial charge is 0.243 e. The topological polar surface area (TPSA) is 70.9 Å². The molecular formula is C6H10N4O. The normalized spacial score (nSPS) is 9.64. The molecule has 1 heterocycles. The number of nitrogens with zero attached hydrogens (tertiary/aromatic N) is 3. The fourth-order valence-electron chi connectivity index (χ4n) is 0.628. The summed E-state index contributed by atoms with van der Waals surface area (Å²) < 4.78 is 0. The first-order valence-corrected chi connectivity index (χ1v) is 3.34. The summed E-state index contributed by atoms with van der Waals surface area (Å²) in [5.41, 5.74) is 0.806. The van der Waals surface area contributed by atoms with Crippen LogP contribution in [0, 0.1) is 6.92 Å². The molecule has 0 aliphatic heterocycles. The molecule has 5 nitrogen and oxygen atoms in total. The quantitative estimate of drug-likeness (QED) is 0.619. The van der Waals surface area contributed by atoms with Crippen LogP contribution >= 0.6 is 0 Å². The molecule has 1 aromatic rings. The van der Waals surface area contributed by atoms with E-state index in [2.05, 4.69) is 20.5 Å². The number of nitrogens with one attached hydrogen (secondary N) is 1. The summed E-state index contributed by atoms with van der Waals surface area (Å²) in [5, 5.41) is 18.6. The zero-order valence-electron chi connectivity index (χ0n) is 6.28. The van der Waals surface area contributed by atoms with E-state index in [0.29, 0.717) is 12.5 Å². The van der Waals surface area contributed by atoms with Crippen molar-refractivity contribution in [1.29, 1.82) is 0 Å². The average molecular weight is 154 g/mol. The standard InChI is InChI=1S/C6H10N4O/c1-5-4-8-10-6(9-5)7-2-3-11/h4,11H,2-3H2,1H3,(H,7,9,10). The van der Waals surface area contributed by atoms with Crippen molar-refractivity contribution in [3.63, 3.8) is 0 Å². The van der Waals surface area contributed by atoms with Gasteiger partial charge in [-0.1, -0.05) is 0 Å². The minimum absolute atomic E-state index is 0.0668. The number of rotatable bonds is 3. The van der Waals surface area contributed by atoms with Crippen molar-refractivity contribution < 1.29 is 5.11 Å². The molecule has 1 rings (SSSR count). The molecule has 0 saturated heterocycles. The Morgan fingerprint density at radius 1 is 1.64 bits per heavy atom. The van der Waals surface area contributed by atoms with E-state index < -0.39 is 0 Å². The Kier molecular flexibility index (Phi) is 2.74. The molecule has 0 saturated carbocycles. The van der Waals surface area contributed by atoms with Gasteiger partial charge >= 0.3 is 0 Å². The maximum atomic E-state index is 8.46. The van der Waals surface area contributed by atoms with E-state index in [1.807, 2.05) is 6.92 Å². The molecule has 0 spiro atoms. The Labute approximate surface area is 64.5 Å². The first kappa shape index (κ1) is 7.87. The summed E-state index contributed by atoms with van der Waals surface area (Å²) in [4.78, 5) is 4.01. The molecule has 0 aliphatic carbocycles. The minimum atomic E-state index is 0.0668. The third-order valence-electron chi connectivity index (χ3n) is 1.07. The van der Waals surface area contributed by atoms with Gasteiger partial charge in [-0.25, -0.2) is 4.98 Å². The molecule has 0 aromatic carbocycles. The third kappa shape index (κ3) is 2.46. The van der Waals surface area contributed by atoms with Gasteiger partial charge in [-0.05, 0) is 6.92 Å². The largest absolute Gasteiger partial charge is 0.395 e. The van der Waals surface area contributed by atoms with Crippen molar-refractivity contribution in [3.8, 4) is 0 Å². The molecule has 0 aliphatic rings. The molecule has 0 bridgehead atoms. The van der Waals surface area contributed by atoms with Crippen LogP contribution in [0.4, 0.5) is 5.95 Å². The predicted molar refractivity (Wildman–Crippen MR) is 40.1 cm³/mol. The van der Waals surface area contributed by atoms with Gasteiger partial charge < -0.3 is 10.4 Å². The number of hydrogen-bond acceptors (Lipinski definition) is 5. The number of aliphatic hydroxyl groups is 1. The molecule has 5 heteroatoms. The first-order chi connectivity index (χ1) is 5.33. The monoisotopic (exact) mass is 154 g/mol. The lowest BCUT2D eigenvalue weighted by molar-refractivity contribution is 0.310. The van der Waals surface area contributed by atoms with Gasteiger partial charge in [0.1, 0.15) is 0 Å². The van der Waals surface area contributed by atoms with Crippen molar-refractivity contribution in [3.05, 3.63) is 11.9 Å². The average Bonchev–Trinajstić information content (AvgIpc) is 2.01. The van der Waals surface area contributed by atoms with Gasteiger partial charge in [0.25, 0.3) is 0 Å². The molecular weight excluding hydrogens is 144 g/mol. The van der Waals surface area contributed by atoms with Gasteiger partial charge in [0.05, 0.1) is 18.5 Å². The van der Waals surface area contributed by atoms with E-state index in [-0.39, 0.29) is 6.61 Å². The maximum absolute atomic E-state index is 8.46. The summed E-state index contributed by atoms with van der Waals surface area (Å²) in [6.07, 6.45) is 1.57. The number of anilines is 1. The molecule has 0 unspecified atom stereocenters. The Morgan fingerprint density at radius 2 is 2.45 bits per heavy atom. The van der Waals surface area contributed by atoms with Crippen molar-refractivity contribution >= 4 is 5.95 Å². The SMILES string of the molecule is Cc1cnnc(NCCO)n1. The van der Waals surface area contributed by atoms with Gasteiger partial charge in [0.15, 0.2) is 0 Å². The number of aryl methyl sites for hydroxylation is 1. The summed E-state index contributed by atoms with van der Waals surface area (Å²) in [6.45, 7) is 2.35. The Morgan fingerprint density at radius 3 is 3.09 bits per heavy atom. The van der Waals surface area contributed by atoms with E-state index in [1.165, 1.54) is 0 Å². The predicted octanol–water partition coefficient (Wildman–Crippen LogP) is -0.416. The highest BCUT2D eigenvalue weighted by Crippen LogP contribution is 1.94. The second-order valence-electron chi connectivity index (χ2n) is 2.07. The zero-order chi connectivity index (χ0) is 8.10. The summed E-state index contributed by atoms with van der Waals surface area (Å²) in [6, 6.07) is 0. The van der Waals surface area contributed by atoms with Crippen LogP contribution in [0.3, 0.4) is 0 Å². The van der Waals surface area contributed by atoms with Crippen LogP contribution < -0.4 is 5.32 Å². The lowest BCUT2D eigenvalue weighted by atomic mass is 10.5. The molecule has 0 amide bonds. The van der Waals surface area contributed by atoms with Crippen LogP contribution in [0.1, 0.15) is 5.69 Å². The van der Waals surface area contributed by atoms with Crippen LogP contribution in [0.2, 0.25) is 0 Å². The van der Waals surface area contributed by atoms with E-state index in [9.17, 15) is 0 Å². The first-order valence-electron chi connectivity index (χ1n) is 3.34. The van der Waals surface area contributed by atoms with Crippen molar-refractivity contribution in [2.45, 2.75) is 6.92 Å². The maximum Gasteiger partial charge on any atom is 0.243 e. The highest BCUT2D eigenvalue weighted by atomic mass is 16.3. The van der Waals surface area contributed by atoms with Gasteiger partial charge in [-0.2, -0.15) is 5.10 Å². The van der Waals surface area contributed by atoms with Crippen LogP contribution in [0.5, 0.6) is 0 Å². The second-order valence-corrected chi connectivity index (χ2v) is 2.07. The van der Waals surface area contributed by atoms with Crippen LogP contribution in [0.15, 0.2) is 6.20 Å². The van der Waals surface area contributed by atoms with Crippen molar-refractivity contribution in [2.24, 2.45) is 0 Å². The molecule has 2 N–H and O–H groups in total. The molecule has 11 heavy (non-hydrogen) atoms. The molecule has 60 valence electrons. The lowest BCUT2D eigenvalue weighted by Crippen LogP contribution is -2.09. The van der Waals surface area contributed by atoms with Crippen molar-refractivity contribution in [2.75, 3.05) is 18.5 Å². The molecule has 0 atom stereocenters. The van der Waals surface area contributed by atoms with Gasteiger partial charge in [-0.3, -0.25) is 0 Å². The van der Waals surface area contributed by atoms with Crippen LogP contribution in [-0.2, 0) is 0 Å². The molecule has 1 aromatic heterocycles. The summed E-state index contributed by atoms with van der Waals surface area (Å²) in [5.74, 6) is 0.457. The van der Waals surface area contributed by atoms with Gasteiger partial charge in [0.2, 0.25) is 5.95 Å². The third-order valence-corrected chi connectivity index (χ3v) is 1.07. The van der Waals surface area contributed by atoms with Crippen molar-refractivity contribution in [1.82, 2.24) is 15.2 Å². The highest BCUT2D eigenvalue weighted by molar-refractivity contribution is 5.21.